The van der Waals surface area contributed by atoms with Crippen LogP contribution in [0.2, 0.25) is 118 Å². The van der Waals surface area contributed by atoms with Gasteiger partial charge in [0.05, 0.1) is 45.5 Å². The Morgan fingerprint density at radius 1 is 0.276 bits per heavy atom. The molecule has 0 spiro atoms. The molecule has 0 fully saturated rings. The average molecular weight is 588 g/mol. The Labute approximate surface area is 202 Å². The number of hydrogen-bond acceptors (Lipinski definition) is 2. The molecular weight excluding hydrogens is 532 g/mol. The maximum Gasteiger partial charge on any atom is 0.153 e. The van der Waals surface area contributed by atoms with Crippen molar-refractivity contribution in [1.82, 2.24) is 0 Å². The molecule has 2 nitrogen and oxygen atoms in total. The van der Waals surface area contributed by atoms with Crippen molar-refractivity contribution in [3.63, 3.8) is 0 Å². The zero-order valence-electron chi connectivity index (χ0n) is 23.2. The van der Waals surface area contributed by atoms with Crippen molar-refractivity contribution in [3.8, 4) is 0 Å². The molecule has 0 bridgehead atoms. The van der Waals surface area contributed by atoms with Crippen LogP contribution in [0, 0.1) is 0 Å². The summed E-state index contributed by atoms with van der Waals surface area (Å²) < 4.78 is 0. The van der Waals surface area contributed by atoms with Crippen LogP contribution in [-0.2, 0) is 16.8 Å². The van der Waals surface area contributed by atoms with Crippen LogP contribution >= 0.6 is 0 Å². The molecule has 2 N–H and O–H groups in total. The summed E-state index contributed by atoms with van der Waals surface area (Å²) in [5.41, 5.74) is 0. The zero-order chi connectivity index (χ0) is 24.0. The summed E-state index contributed by atoms with van der Waals surface area (Å²) in [6.45, 7) is 39.0. The molecule has 0 aliphatic heterocycles. The molecule has 0 saturated heterocycles. The quantitative estimate of drug-likeness (QED) is 0.356. The van der Waals surface area contributed by atoms with Gasteiger partial charge in [0.15, 0.2) is 13.7 Å². The van der Waals surface area contributed by atoms with Crippen molar-refractivity contribution < 1.29 is 26.4 Å². The Bertz CT molecular complexity index is 395. The van der Waals surface area contributed by atoms with E-state index < -0.39 is 59.3 Å². The summed E-state index contributed by atoms with van der Waals surface area (Å²) in [6.07, 6.45) is 0. The van der Waals surface area contributed by atoms with Crippen molar-refractivity contribution >= 4 is 59.3 Å². The first-order chi connectivity index (χ1) is 11.5. The zero-order valence-corrected chi connectivity index (χ0v) is 32.3. The standard InChI is InChI=1S/2C9H28OSi4.Co/c2*1-11(2,3)14(10,12(4,5)6)13(7,8)9;/h2*10H,1-9H3;. The van der Waals surface area contributed by atoms with Gasteiger partial charge in [-0.05, 0) is 0 Å². The van der Waals surface area contributed by atoms with Gasteiger partial charge in [-0.15, -0.1) is 0 Å². The molecule has 0 rings (SSSR count). The Balaban J connectivity index is -0.000000451. The number of rotatable bonds is 6. The SMILES string of the molecule is C[Si](C)(C)[Si](O)([Si](C)(C)C)[Si](C)(C)C.C[Si](C)(C)[Si](O)([Si](C)(C)C)[Si](C)(C)C.[Co]. The summed E-state index contributed by atoms with van der Waals surface area (Å²) >= 11 is 0. The first-order valence-corrected chi connectivity index (χ1v) is 41.8. The second kappa shape index (κ2) is 10.2. The van der Waals surface area contributed by atoms with Crippen LogP contribution in [0.15, 0.2) is 0 Å². The Morgan fingerprint density at radius 2 is 0.345 bits per heavy atom. The van der Waals surface area contributed by atoms with Crippen LogP contribution in [0.1, 0.15) is 0 Å². The first-order valence-electron chi connectivity index (χ1n) is 10.9. The van der Waals surface area contributed by atoms with Crippen molar-refractivity contribution in [1.29, 1.82) is 0 Å². The second-order valence-corrected chi connectivity index (χ2v) is 93.8. The second-order valence-electron chi connectivity index (χ2n) is 14.9. The van der Waals surface area contributed by atoms with E-state index >= 15 is 0 Å². The van der Waals surface area contributed by atoms with Crippen molar-refractivity contribution in [2.24, 2.45) is 0 Å². The van der Waals surface area contributed by atoms with E-state index in [0.29, 0.717) is 0 Å². The Kier molecular flexibility index (Phi) is 12.6. The van der Waals surface area contributed by atoms with E-state index in [0.717, 1.165) is 0 Å². The predicted octanol–water partition coefficient (Wildman–Crippen LogP) is 6.35. The van der Waals surface area contributed by atoms with Gasteiger partial charge in [-0.1, -0.05) is 118 Å². The van der Waals surface area contributed by atoms with Gasteiger partial charge in [0, 0.05) is 16.8 Å². The molecule has 0 heterocycles. The topological polar surface area (TPSA) is 40.5 Å². The molecule has 0 aromatic heterocycles. The Hall–Kier alpha value is 2.16. The van der Waals surface area contributed by atoms with Crippen molar-refractivity contribution in [2.75, 3.05) is 0 Å². The molecule has 0 unspecified atom stereocenters. The molecule has 0 amide bonds. The Morgan fingerprint density at radius 3 is 0.345 bits per heavy atom. The third kappa shape index (κ3) is 7.58. The van der Waals surface area contributed by atoms with Crippen LogP contribution in [0.3, 0.4) is 0 Å². The monoisotopic (exact) mass is 587 g/mol. The minimum Gasteiger partial charge on any atom is -0.440 e. The van der Waals surface area contributed by atoms with Crippen molar-refractivity contribution in [3.05, 3.63) is 0 Å². The summed E-state index contributed by atoms with van der Waals surface area (Å²) in [7, 11) is -8.18. The summed E-state index contributed by atoms with van der Waals surface area (Å²) in [4.78, 5) is 22.7. The van der Waals surface area contributed by atoms with E-state index in [1.165, 1.54) is 0 Å². The van der Waals surface area contributed by atoms with Gasteiger partial charge < -0.3 is 9.59 Å². The van der Waals surface area contributed by atoms with Gasteiger partial charge in [0.25, 0.3) is 0 Å². The van der Waals surface area contributed by atoms with Gasteiger partial charge in [0.2, 0.25) is 0 Å². The summed E-state index contributed by atoms with van der Waals surface area (Å²) in [6, 6.07) is 0. The van der Waals surface area contributed by atoms with E-state index in [1.54, 1.807) is 0 Å². The van der Waals surface area contributed by atoms with E-state index in [-0.39, 0.29) is 16.8 Å². The van der Waals surface area contributed by atoms with E-state index in [9.17, 15) is 9.59 Å². The van der Waals surface area contributed by atoms with Gasteiger partial charge in [-0.25, -0.2) is 0 Å². The van der Waals surface area contributed by atoms with Crippen LogP contribution in [0.25, 0.3) is 0 Å². The van der Waals surface area contributed by atoms with Gasteiger partial charge in [-0.2, -0.15) is 0 Å². The molecular formula is C18H56CoO2Si8. The normalized spacial score (nSPS) is 15.3. The molecule has 0 saturated carbocycles. The average Bonchev–Trinajstić information content (AvgIpc) is 2.29. The molecule has 181 valence electrons. The molecule has 1 radical (unpaired) electrons. The fourth-order valence-corrected chi connectivity index (χ4v) is 182. The fourth-order valence-electron chi connectivity index (χ4n) is 6.75. The fraction of sp³-hybridized carbons (Fsp3) is 1.00. The van der Waals surface area contributed by atoms with E-state index in [2.05, 4.69) is 118 Å². The third-order valence-corrected chi connectivity index (χ3v) is 140. The molecule has 11 heteroatoms. The predicted molar refractivity (Wildman–Crippen MR) is 156 cm³/mol. The molecule has 29 heavy (non-hydrogen) atoms. The van der Waals surface area contributed by atoms with E-state index in [1.807, 2.05) is 0 Å². The summed E-state index contributed by atoms with van der Waals surface area (Å²) in [5, 5.41) is 0. The van der Waals surface area contributed by atoms with Crippen molar-refractivity contribution in [2.45, 2.75) is 118 Å². The van der Waals surface area contributed by atoms with E-state index in [4.69, 9.17) is 0 Å². The first kappa shape index (κ1) is 35.7. The third-order valence-electron chi connectivity index (χ3n) is 6.51. The van der Waals surface area contributed by atoms with Gasteiger partial charge >= 0.3 is 0 Å². The maximum absolute atomic E-state index is 11.3. The molecule has 0 aromatic rings. The van der Waals surface area contributed by atoms with Gasteiger partial charge in [-0.3, -0.25) is 0 Å². The molecule has 0 aromatic carbocycles. The summed E-state index contributed by atoms with van der Waals surface area (Å²) in [5.74, 6) is 0. The molecule has 0 aliphatic rings. The maximum atomic E-state index is 11.3. The largest absolute Gasteiger partial charge is 0.440 e. The smallest absolute Gasteiger partial charge is 0.153 e. The minimum atomic E-state index is -1.94. The minimum absolute atomic E-state index is 0. The van der Waals surface area contributed by atoms with Gasteiger partial charge in [0.1, 0.15) is 0 Å². The molecule has 0 atom stereocenters. The number of hydrogen-bond donors (Lipinski definition) is 2. The van der Waals surface area contributed by atoms with Crippen LogP contribution in [0.5, 0.6) is 0 Å². The van der Waals surface area contributed by atoms with Crippen LogP contribution in [-0.4, -0.2) is 68.9 Å². The van der Waals surface area contributed by atoms with Crippen LogP contribution < -0.4 is 0 Å². The molecule has 0 aliphatic carbocycles. The van der Waals surface area contributed by atoms with Crippen LogP contribution in [0.4, 0.5) is 0 Å².